The molecule has 1 aromatic heterocycles. The van der Waals surface area contributed by atoms with Crippen molar-refractivity contribution >= 4 is 11.7 Å². The molecule has 2 N–H and O–H groups in total. The molecule has 1 aliphatic carbocycles. The normalized spacial score (nSPS) is 31.3. The highest BCUT2D eigenvalue weighted by Gasteiger charge is 2.44. The molecule has 0 bridgehead atoms. The molecule has 1 aromatic rings. The Morgan fingerprint density at radius 1 is 1.23 bits per heavy atom. The van der Waals surface area contributed by atoms with Gasteiger partial charge in [-0.2, -0.15) is 13.2 Å². The minimum Gasteiger partial charge on any atom is -0.356 e. The van der Waals surface area contributed by atoms with Crippen LogP contribution >= 0.6 is 0 Å². The van der Waals surface area contributed by atoms with Gasteiger partial charge in [-0.1, -0.05) is 6.07 Å². The number of fused-ring (bicyclic) bond motifs is 1. The average molecular weight is 368 g/mol. The summed E-state index contributed by atoms with van der Waals surface area (Å²) < 4.78 is 38.7. The molecule has 8 heteroatoms. The van der Waals surface area contributed by atoms with Gasteiger partial charge in [0.2, 0.25) is 5.91 Å². The van der Waals surface area contributed by atoms with Gasteiger partial charge in [-0.25, -0.2) is 4.98 Å². The third-order valence-corrected chi connectivity index (χ3v) is 5.91. The van der Waals surface area contributed by atoms with Crippen molar-refractivity contribution in [3.63, 3.8) is 0 Å². The number of nitrogens with one attached hydrogen (secondary N) is 2. The van der Waals surface area contributed by atoms with Gasteiger partial charge < -0.3 is 15.5 Å². The second-order valence-corrected chi connectivity index (χ2v) is 7.55. The van der Waals surface area contributed by atoms with Gasteiger partial charge in [-0.3, -0.25) is 4.79 Å². The zero-order valence-electron chi connectivity index (χ0n) is 14.4. The van der Waals surface area contributed by atoms with E-state index < -0.39 is 11.9 Å². The molecular formula is C18H23F3N4O. The Kier molecular flexibility index (Phi) is 4.54. The molecule has 0 aromatic carbocycles. The number of pyridine rings is 1. The smallest absolute Gasteiger partial charge is 0.356 e. The largest absolute Gasteiger partial charge is 0.433 e. The molecule has 2 aliphatic heterocycles. The summed E-state index contributed by atoms with van der Waals surface area (Å²) in [7, 11) is 0. The zero-order valence-corrected chi connectivity index (χ0v) is 14.4. The van der Waals surface area contributed by atoms with Crippen molar-refractivity contribution in [3.05, 3.63) is 23.9 Å². The van der Waals surface area contributed by atoms with Crippen LogP contribution in [0.25, 0.3) is 0 Å². The number of amides is 1. The molecule has 5 nitrogen and oxygen atoms in total. The number of nitrogens with zero attached hydrogens (tertiary/aromatic N) is 2. The van der Waals surface area contributed by atoms with Crippen LogP contribution in [-0.4, -0.2) is 42.6 Å². The molecule has 26 heavy (non-hydrogen) atoms. The van der Waals surface area contributed by atoms with Gasteiger partial charge in [-0.05, 0) is 50.3 Å². The molecule has 2 saturated heterocycles. The Hall–Kier alpha value is -1.83. The summed E-state index contributed by atoms with van der Waals surface area (Å²) in [4.78, 5) is 18.1. The Morgan fingerprint density at radius 3 is 2.81 bits per heavy atom. The highest BCUT2D eigenvalue weighted by molar-refractivity contribution is 5.82. The lowest BCUT2D eigenvalue weighted by Gasteiger charge is -2.24. The van der Waals surface area contributed by atoms with E-state index >= 15 is 0 Å². The predicted octanol–water partition coefficient (Wildman–Crippen LogP) is 2.18. The molecule has 0 spiro atoms. The fraction of sp³-hybridized carbons (Fsp3) is 0.667. The molecule has 1 amide bonds. The average Bonchev–Trinajstić information content (AvgIpc) is 3.32. The van der Waals surface area contributed by atoms with E-state index in [0.29, 0.717) is 24.8 Å². The third kappa shape index (κ3) is 3.39. The van der Waals surface area contributed by atoms with E-state index in [-0.39, 0.29) is 23.9 Å². The molecular weight excluding hydrogens is 345 g/mol. The second-order valence-electron chi connectivity index (χ2n) is 7.55. The first-order chi connectivity index (χ1) is 12.4. The lowest BCUT2D eigenvalue weighted by Crippen LogP contribution is -2.47. The number of hydrogen-bond acceptors (Lipinski definition) is 4. The van der Waals surface area contributed by atoms with Crippen molar-refractivity contribution in [2.75, 3.05) is 24.5 Å². The Morgan fingerprint density at radius 2 is 2.08 bits per heavy atom. The number of carbonyl (C=O) groups is 1. The van der Waals surface area contributed by atoms with Gasteiger partial charge in [0, 0.05) is 25.0 Å². The summed E-state index contributed by atoms with van der Waals surface area (Å²) in [5.41, 5.74) is -0.857. The molecule has 3 heterocycles. The monoisotopic (exact) mass is 368 g/mol. The Balaban J connectivity index is 1.42. The van der Waals surface area contributed by atoms with Gasteiger partial charge >= 0.3 is 6.18 Å². The van der Waals surface area contributed by atoms with Gasteiger partial charge in [0.15, 0.2) is 0 Å². The number of hydrogen-bond donors (Lipinski definition) is 2. The molecule has 0 unspecified atom stereocenters. The van der Waals surface area contributed by atoms with E-state index in [0.717, 1.165) is 38.3 Å². The topological polar surface area (TPSA) is 57.3 Å². The maximum atomic E-state index is 12.9. The summed E-state index contributed by atoms with van der Waals surface area (Å²) in [6.07, 6.45) is -0.617. The summed E-state index contributed by atoms with van der Waals surface area (Å²) >= 11 is 0. The zero-order chi connectivity index (χ0) is 18.3. The molecule has 3 fully saturated rings. The summed E-state index contributed by atoms with van der Waals surface area (Å²) in [6, 6.07) is 4.04. The maximum Gasteiger partial charge on any atom is 0.433 e. The first kappa shape index (κ1) is 17.6. The van der Waals surface area contributed by atoms with Crippen molar-refractivity contribution in [3.8, 4) is 0 Å². The quantitative estimate of drug-likeness (QED) is 0.859. The van der Waals surface area contributed by atoms with Crippen molar-refractivity contribution in [1.29, 1.82) is 0 Å². The Bertz CT molecular complexity index is 675. The fourth-order valence-corrected chi connectivity index (χ4v) is 4.58. The van der Waals surface area contributed by atoms with E-state index in [2.05, 4.69) is 15.6 Å². The van der Waals surface area contributed by atoms with Crippen molar-refractivity contribution in [2.45, 2.75) is 43.9 Å². The molecule has 0 radical (unpaired) electrons. The number of anilines is 1. The minimum absolute atomic E-state index is 0.0591. The Labute approximate surface area is 150 Å². The maximum absolute atomic E-state index is 12.9. The molecule has 3 aliphatic rings. The number of aromatic nitrogens is 1. The SMILES string of the molecule is O=C(N[C@H]1CC[C@@H]2CN(c3cccc(C(F)(F)F)n3)C[C@@H]21)[C@@H]1CCCN1. The van der Waals surface area contributed by atoms with Crippen LogP contribution in [0.15, 0.2) is 18.2 Å². The van der Waals surface area contributed by atoms with E-state index in [9.17, 15) is 18.0 Å². The third-order valence-electron chi connectivity index (χ3n) is 5.91. The number of alkyl halides is 3. The number of halogens is 3. The number of rotatable bonds is 3. The van der Waals surface area contributed by atoms with E-state index in [1.807, 2.05) is 4.90 Å². The van der Waals surface area contributed by atoms with Crippen LogP contribution in [0.1, 0.15) is 31.4 Å². The fourth-order valence-electron chi connectivity index (χ4n) is 4.58. The van der Waals surface area contributed by atoms with Crippen LogP contribution in [0.5, 0.6) is 0 Å². The van der Waals surface area contributed by atoms with Crippen LogP contribution in [0, 0.1) is 11.8 Å². The van der Waals surface area contributed by atoms with Gasteiger partial charge in [-0.15, -0.1) is 0 Å². The van der Waals surface area contributed by atoms with Crippen molar-refractivity contribution in [2.24, 2.45) is 11.8 Å². The lowest BCUT2D eigenvalue weighted by atomic mass is 9.97. The van der Waals surface area contributed by atoms with E-state index in [1.54, 1.807) is 6.07 Å². The highest BCUT2D eigenvalue weighted by Crippen LogP contribution is 2.40. The summed E-state index contributed by atoms with van der Waals surface area (Å²) in [5, 5.41) is 6.38. The minimum atomic E-state index is -4.43. The van der Waals surface area contributed by atoms with Gasteiger partial charge in [0.1, 0.15) is 11.5 Å². The van der Waals surface area contributed by atoms with E-state index in [1.165, 1.54) is 6.07 Å². The van der Waals surface area contributed by atoms with Crippen LogP contribution in [0.4, 0.5) is 19.0 Å². The van der Waals surface area contributed by atoms with Crippen molar-refractivity contribution < 1.29 is 18.0 Å². The van der Waals surface area contributed by atoms with Crippen LogP contribution in [0.2, 0.25) is 0 Å². The summed E-state index contributed by atoms with van der Waals surface area (Å²) in [6.45, 7) is 2.22. The molecule has 142 valence electrons. The lowest BCUT2D eigenvalue weighted by molar-refractivity contribution is -0.141. The van der Waals surface area contributed by atoms with Gasteiger partial charge in [0.25, 0.3) is 0 Å². The first-order valence-corrected chi connectivity index (χ1v) is 9.25. The first-order valence-electron chi connectivity index (χ1n) is 9.25. The van der Waals surface area contributed by atoms with Crippen LogP contribution < -0.4 is 15.5 Å². The second kappa shape index (κ2) is 6.72. The predicted molar refractivity (Wildman–Crippen MR) is 90.6 cm³/mol. The molecule has 4 rings (SSSR count). The highest BCUT2D eigenvalue weighted by atomic mass is 19.4. The standard InChI is InChI=1S/C18H23F3N4O/c19-18(20,21)15-4-1-5-16(24-15)25-9-11-6-7-13(12(11)10-25)23-17(26)14-3-2-8-22-14/h1,4-5,11-14,22H,2-3,6-10H2,(H,23,26)/t11-,12+,13+,14+/m1/s1. The van der Waals surface area contributed by atoms with Crippen LogP contribution in [-0.2, 0) is 11.0 Å². The molecule has 4 atom stereocenters. The van der Waals surface area contributed by atoms with Crippen molar-refractivity contribution in [1.82, 2.24) is 15.6 Å². The van der Waals surface area contributed by atoms with Crippen LogP contribution in [0.3, 0.4) is 0 Å². The van der Waals surface area contributed by atoms with Gasteiger partial charge in [0.05, 0.1) is 6.04 Å². The number of carbonyl (C=O) groups excluding carboxylic acids is 1. The molecule has 1 saturated carbocycles. The summed E-state index contributed by atoms with van der Waals surface area (Å²) in [5.74, 6) is 1.10. The van der Waals surface area contributed by atoms with E-state index in [4.69, 9.17) is 0 Å².